The van der Waals surface area contributed by atoms with Crippen molar-refractivity contribution < 1.29 is 23.7 Å². The molecule has 0 radical (unpaired) electrons. The molecule has 1 fully saturated rings. The monoisotopic (exact) mass is 366 g/mol. The molecule has 0 saturated heterocycles. The lowest BCUT2D eigenvalue weighted by atomic mass is 9.93. The van der Waals surface area contributed by atoms with Gasteiger partial charge in [-0.3, -0.25) is 0 Å². The van der Waals surface area contributed by atoms with Crippen molar-refractivity contribution in [2.75, 3.05) is 5.32 Å². The third kappa shape index (κ3) is 4.16. The molecule has 3 rings (SSSR count). The summed E-state index contributed by atoms with van der Waals surface area (Å²) in [5, 5.41) is 31.3. The number of aromatic hydroxyl groups is 1. The van der Waals surface area contributed by atoms with E-state index in [0.717, 1.165) is 31.7 Å². The summed E-state index contributed by atoms with van der Waals surface area (Å²) in [5.41, 5.74) is 1.15. The predicted molar refractivity (Wildman–Crippen MR) is 90.2 cm³/mol. The highest BCUT2D eigenvalue weighted by molar-refractivity contribution is 5.69. The van der Waals surface area contributed by atoms with Crippen LogP contribution in [0.4, 0.5) is 14.7 Å². The quantitative estimate of drug-likeness (QED) is 0.748. The largest absolute Gasteiger partial charge is 0.507 e. The number of aliphatic hydroxyl groups is 1. The van der Waals surface area contributed by atoms with Gasteiger partial charge in [0.15, 0.2) is 0 Å². The Bertz CT molecular complexity index is 776. The zero-order valence-corrected chi connectivity index (χ0v) is 14.2. The average molecular weight is 366 g/mol. The Hall–Kier alpha value is -2.55. The van der Waals surface area contributed by atoms with E-state index in [0.29, 0.717) is 22.9 Å². The Morgan fingerprint density at radius 2 is 2.00 bits per heavy atom. The number of anilines is 1. The van der Waals surface area contributed by atoms with Gasteiger partial charge in [-0.2, -0.15) is 8.78 Å². The smallest absolute Gasteiger partial charge is 0.387 e. The molecular weight excluding hydrogens is 346 g/mol. The second-order valence-corrected chi connectivity index (χ2v) is 6.23. The van der Waals surface area contributed by atoms with Crippen LogP contribution < -0.4 is 10.1 Å². The Labute approximate surface area is 149 Å². The standard InChI is InChI=1S/C17H20F2N4O3/c1-9-15(11-7-6-10(8-14(11)25)26-16(18)19)22-23-17(20-9)21-12-4-2-3-5-13(12)24/h6-8,12-13,16,24-25H,2-5H2,1H3,(H,20,21,23)/t12-,13-/m1/s1. The number of alkyl halides is 2. The molecule has 0 spiro atoms. The highest BCUT2D eigenvalue weighted by Gasteiger charge is 2.24. The van der Waals surface area contributed by atoms with Crippen LogP contribution in [0.15, 0.2) is 18.2 Å². The number of ether oxygens (including phenoxy) is 1. The van der Waals surface area contributed by atoms with Crippen LogP contribution in [0.1, 0.15) is 31.4 Å². The molecule has 9 heteroatoms. The normalized spacial score (nSPS) is 20.2. The second kappa shape index (κ2) is 7.77. The first kappa shape index (κ1) is 18.2. The number of aryl methyl sites for hydroxylation is 1. The number of phenolic OH excluding ortho intramolecular Hbond substituents is 1. The van der Waals surface area contributed by atoms with Crippen molar-refractivity contribution in [3.05, 3.63) is 23.9 Å². The minimum atomic E-state index is -2.97. The van der Waals surface area contributed by atoms with E-state index < -0.39 is 12.7 Å². The van der Waals surface area contributed by atoms with Crippen molar-refractivity contribution in [3.63, 3.8) is 0 Å². The van der Waals surface area contributed by atoms with E-state index >= 15 is 0 Å². The summed E-state index contributed by atoms with van der Waals surface area (Å²) in [7, 11) is 0. The van der Waals surface area contributed by atoms with Crippen molar-refractivity contribution in [1.29, 1.82) is 0 Å². The fraction of sp³-hybridized carbons (Fsp3) is 0.471. The maximum Gasteiger partial charge on any atom is 0.387 e. The summed E-state index contributed by atoms with van der Waals surface area (Å²) in [4.78, 5) is 4.33. The summed E-state index contributed by atoms with van der Waals surface area (Å²) >= 11 is 0. The van der Waals surface area contributed by atoms with Gasteiger partial charge in [0.1, 0.15) is 17.2 Å². The van der Waals surface area contributed by atoms with Gasteiger partial charge in [0.25, 0.3) is 0 Å². The average Bonchev–Trinajstić information content (AvgIpc) is 2.57. The molecule has 2 aromatic rings. The van der Waals surface area contributed by atoms with Crippen LogP contribution in [-0.2, 0) is 0 Å². The zero-order chi connectivity index (χ0) is 18.7. The molecule has 1 aromatic heterocycles. The fourth-order valence-corrected chi connectivity index (χ4v) is 3.05. The van der Waals surface area contributed by atoms with Crippen LogP contribution >= 0.6 is 0 Å². The minimum Gasteiger partial charge on any atom is -0.507 e. The molecule has 0 unspecified atom stereocenters. The first-order chi connectivity index (χ1) is 12.4. The van der Waals surface area contributed by atoms with Crippen LogP contribution in [0.25, 0.3) is 11.3 Å². The van der Waals surface area contributed by atoms with Crippen LogP contribution in [-0.4, -0.2) is 44.2 Å². The summed E-state index contributed by atoms with van der Waals surface area (Å²) in [6.45, 7) is -1.26. The van der Waals surface area contributed by atoms with E-state index in [1.807, 2.05) is 0 Å². The van der Waals surface area contributed by atoms with Crippen LogP contribution in [0, 0.1) is 6.92 Å². The van der Waals surface area contributed by atoms with Crippen molar-refractivity contribution in [2.45, 2.75) is 51.4 Å². The molecule has 26 heavy (non-hydrogen) atoms. The van der Waals surface area contributed by atoms with Gasteiger partial charge in [-0.05, 0) is 31.9 Å². The van der Waals surface area contributed by atoms with E-state index in [4.69, 9.17) is 0 Å². The first-order valence-corrected chi connectivity index (χ1v) is 8.38. The topological polar surface area (TPSA) is 100 Å². The third-order valence-electron chi connectivity index (χ3n) is 4.35. The highest BCUT2D eigenvalue weighted by atomic mass is 19.3. The van der Waals surface area contributed by atoms with E-state index in [-0.39, 0.29) is 17.5 Å². The third-order valence-corrected chi connectivity index (χ3v) is 4.35. The van der Waals surface area contributed by atoms with Crippen molar-refractivity contribution in [1.82, 2.24) is 15.2 Å². The lowest BCUT2D eigenvalue weighted by Gasteiger charge is -2.28. The molecule has 7 nitrogen and oxygen atoms in total. The predicted octanol–water partition coefficient (Wildman–Crippen LogP) is 2.87. The minimum absolute atomic E-state index is 0.116. The van der Waals surface area contributed by atoms with Gasteiger partial charge in [0.05, 0.1) is 17.8 Å². The molecule has 1 aromatic carbocycles. The van der Waals surface area contributed by atoms with Gasteiger partial charge < -0.3 is 20.3 Å². The molecule has 1 aliphatic carbocycles. The summed E-state index contributed by atoms with van der Waals surface area (Å²) in [6.07, 6.45) is 3.15. The zero-order valence-electron chi connectivity index (χ0n) is 14.2. The van der Waals surface area contributed by atoms with E-state index in [1.54, 1.807) is 6.92 Å². The summed E-state index contributed by atoms with van der Waals surface area (Å²) < 4.78 is 28.7. The van der Waals surface area contributed by atoms with Gasteiger partial charge in [-0.1, -0.05) is 12.8 Å². The molecule has 1 saturated carbocycles. The molecule has 0 aliphatic heterocycles. The Balaban J connectivity index is 1.79. The number of aliphatic hydroxyl groups excluding tert-OH is 1. The Kier molecular flexibility index (Phi) is 5.46. The molecule has 2 atom stereocenters. The second-order valence-electron chi connectivity index (χ2n) is 6.23. The lowest BCUT2D eigenvalue weighted by molar-refractivity contribution is -0.0499. The fourth-order valence-electron chi connectivity index (χ4n) is 3.05. The Morgan fingerprint density at radius 3 is 2.65 bits per heavy atom. The molecule has 1 heterocycles. The Morgan fingerprint density at radius 1 is 1.23 bits per heavy atom. The SMILES string of the molecule is Cc1nc(N[C@@H]2CCCC[C@H]2O)nnc1-c1ccc(OC(F)F)cc1O. The molecule has 0 bridgehead atoms. The number of nitrogens with zero attached hydrogens (tertiary/aromatic N) is 3. The number of phenols is 1. The number of aromatic nitrogens is 3. The maximum absolute atomic E-state index is 12.2. The van der Waals surface area contributed by atoms with Gasteiger partial charge in [0.2, 0.25) is 5.95 Å². The van der Waals surface area contributed by atoms with E-state index in [9.17, 15) is 19.0 Å². The van der Waals surface area contributed by atoms with E-state index in [1.165, 1.54) is 12.1 Å². The van der Waals surface area contributed by atoms with Crippen LogP contribution in [0.2, 0.25) is 0 Å². The lowest BCUT2D eigenvalue weighted by Crippen LogP contribution is -2.37. The van der Waals surface area contributed by atoms with Crippen molar-refractivity contribution in [2.24, 2.45) is 0 Å². The first-order valence-electron chi connectivity index (χ1n) is 8.38. The number of halogens is 2. The van der Waals surface area contributed by atoms with Gasteiger partial charge in [0, 0.05) is 11.6 Å². The van der Waals surface area contributed by atoms with Crippen molar-refractivity contribution >= 4 is 5.95 Å². The summed E-state index contributed by atoms with van der Waals surface area (Å²) in [5.74, 6) is -0.107. The number of rotatable bonds is 5. The number of nitrogens with one attached hydrogen (secondary N) is 1. The highest BCUT2D eigenvalue weighted by Crippen LogP contribution is 2.33. The number of hydrogen-bond donors (Lipinski definition) is 3. The van der Waals surface area contributed by atoms with Gasteiger partial charge in [-0.25, -0.2) is 4.98 Å². The van der Waals surface area contributed by atoms with Gasteiger partial charge >= 0.3 is 6.61 Å². The molecule has 140 valence electrons. The molecule has 0 amide bonds. The van der Waals surface area contributed by atoms with E-state index in [2.05, 4.69) is 25.2 Å². The molecule has 1 aliphatic rings. The maximum atomic E-state index is 12.2. The molecule has 3 N–H and O–H groups in total. The van der Waals surface area contributed by atoms with Gasteiger partial charge in [-0.15, -0.1) is 10.2 Å². The van der Waals surface area contributed by atoms with Crippen molar-refractivity contribution in [3.8, 4) is 22.8 Å². The number of benzene rings is 1. The summed E-state index contributed by atoms with van der Waals surface area (Å²) in [6, 6.07) is 3.71. The molecular formula is C17H20F2N4O3. The van der Waals surface area contributed by atoms with Crippen LogP contribution in [0.5, 0.6) is 11.5 Å². The number of hydrogen-bond acceptors (Lipinski definition) is 7. The van der Waals surface area contributed by atoms with Crippen LogP contribution in [0.3, 0.4) is 0 Å².